The molecule has 0 atom stereocenters. The Morgan fingerprint density at radius 3 is 2.71 bits per heavy atom. The molecular formula is C15H23N3O2S. The van der Waals surface area contributed by atoms with Crippen LogP contribution in [0.5, 0.6) is 0 Å². The van der Waals surface area contributed by atoms with Gasteiger partial charge in [-0.2, -0.15) is 0 Å². The van der Waals surface area contributed by atoms with E-state index in [1.165, 1.54) is 0 Å². The van der Waals surface area contributed by atoms with Gasteiger partial charge in [0.1, 0.15) is 0 Å². The average molecular weight is 309 g/mol. The molecule has 3 N–H and O–H groups in total. The lowest BCUT2D eigenvalue weighted by atomic mass is 10.2. The third-order valence-corrected chi connectivity index (χ3v) is 4.26. The van der Waals surface area contributed by atoms with E-state index < -0.39 is 10.0 Å². The van der Waals surface area contributed by atoms with Gasteiger partial charge in [0.2, 0.25) is 10.0 Å². The van der Waals surface area contributed by atoms with Crippen molar-refractivity contribution in [1.82, 2.24) is 9.62 Å². The maximum atomic E-state index is 12.2. The van der Waals surface area contributed by atoms with Gasteiger partial charge in [0.25, 0.3) is 0 Å². The number of hydrogen-bond donors (Lipinski definition) is 2. The Balaban J connectivity index is 2.61. The molecule has 21 heavy (non-hydrogen) atoms. The third kappa shape index (κ3) is 6.74. The van der Waals surface area contributed by atoms with Gasteiger partial charge in [-0.25, -0.2) is 13.1 Å². The van der Waals surface area contributed by atoms with Crippen LogP contribution in [0.25, 0.3) is 0 Å². The maximum Gasteiger partial charge on any atom is 0.240 e. The molecule has 1 aromatic rings. The van der Waals surface area contributed by atoms with Crippen LogP contribution >= 0.6 is 0 Å². The largest absolute Gasteiger partial charge is 0.320 e. The van der Waals surface area contributed by atoms with Crippen LogP contribution in [0.3, 0.4) is 0 Å². The number of nitrogens with one attached hydrogen (secondary N) is 1. The number of rotatable bonds is 7. The highest BCUT2D eigenvalue weighted by Gasteiger charge is 2.13. The number of nitrogens with two attached hydrogens (primary N) is 1. The van der Waals surface area contributed by atoms with Gasteiger partial charge in [-0.15, -0.1) is 0 Å². The molecule has 0 radical (unpaired) electrons. The summed E-state index contributed by atoms with van der Waals surface area (Å²) in [5, 5.41) is 0. The fourth-order valence-corrected chi connectivity index (χ4v) is 2.86. The fraction of sp³-hybridized carbons (Fsp3) is 0.467. The molecule has 5 nitrogen and oxygen atoms in total. The van der Waals surface area contributed by atoms with E-state index in [1.807, 2.05) is 14.1 Å². The van der Waals surface area contributed by atoms with Gasteiger partial charge in [-0.05, 0) is 51.7 Å². The molecule has 6 heteroatoms. The Morgan fingerprint density at radius 1 is 1.29 bits per heavy atom. The van der Waals surface area contributed by atoms with Crippen molar-refractivity contribution in [2.24, 2.45) is 5.73 Å². The second kappa shape index (κ2) is 8.80. The van der Waals surface area contributed by atoms with E-state index in [-0.39, 0.29) is 11.4 Å². The minimum Gasteiger partial charge on any atom is -0.320 e. The molecule has 0 bridgehead atoms. The lowest BCUT2D eigenvalue weighted by Gasteiger charge is -2.10. The lowest BCUT2D eigenvalue weighted by Crippen LogP contribution is -2.25. The zero-order chi connectivity index (χ0) is 15.7. The summed E-state index contributed by atoms with van der Waals surface area (Å²) in [7, 11) is 0.525. The first-order valence-corrected chi connectivity index (χ1v) is 8.37. The zero-order valence-electron chi connectivity index (χ0n) is 12.6. The zero-order valence-corrected chi connectivity index (χ0v) is 13.4. The summed E-state index contributed by atoms with van der Waals surface area (Å²) in [6.07, 6.45) is 1.77. The third-order valence-electron chi connectivity index (χ3n) is 2.80. The first kappa shape index (κ1) is 17.7. The van der Waals surface area contributed by atoms with Gasteiger partial charge < -0.3 is 10.6 Å². The Hall–Kier alpha value is -1.39. The summed E-state index contributed by atoms with van der Waals surface area (Å²) in [5.74, 6) is 5.54. The predicted octanol–water partition coefficient (Wildman–Crippen LogP) is 0.617. The highest BCUT2D eigenvalue weighted by atomic mass is 32.2. The molecule has 0 aliphatic rings. The van der Waals surface area contributed by atoms with Crippen LogP contribution in [0.2, 0.25) is 0 Å². The first-order valence-electron chi connectivity index (χ1n) is 6.89. The van der Waals surface area contributed by atoms with Crippen molar-refractivity contribution in [3.05, 3.63) is 29.8 Å². The van der Waals surface area contributed by atoms with E-state index in [0.29, 0.717) is 12.1 Å². The molecule has 0 spiro atoms. The van der Waals surface area contributed by atoms with Crippen LogP contribution in [0.1, 0.15) is 18.4 Å². The van der Waals surface area contributed by atoms with E-state index in [4.69, 9.17) is 5.73 Å². The number of hydrogen-bond acceptors (Lipinski definition) is 4. The van der Waals surface area contributed by atoms with Crippen LogP contribution < -0.4 is 10.5 Å². The standard InChI is InChI=1S/C15H23N3O2S/c1-18(2)12-4-3-11-17-21(19,20)15-9-5-7-14(13-15)8-6-10-16/h5,7,9,13,17H,3-4,10-12,16H2,1-2H3. The minimum atomic E-state index is -3.47. The van der Waals surface area contributed by atoms with E-state index in [2.05, 4.69) is 21.5 Å². The number of unbranched alkanes of at least 4 members (excludes halogenated alkanes) is 1. The van der Waals surface area contributed by atoms with Crippen LogP contribution in [0.15, 0.2) is 29.2 Å². The summed E-state index contributed by atoms with van der Waals surface area (Å²) in [6, 6.07) is 6.57. The highest BCUT2D eigenvalue weighted by Crippen LogP contribution is 2.10. The fourth-order valence-electron chi connectivity index (χ4n) is 1.74. The van der Waals surface area contributed by atoms with E-state index in [9.17, 15) is 8.42 Å². The van der Waals surface area contributed by atoms with Crippen molar-refractivity contribution >= 4 is 10.0 Å². The van der Waals surface area contributed by atoms with Crippen molar-refractivity contribution < 1.29 is 8.42 Å². The Bertz CT molecular complexity index is 601. The maximum absolute atomic E-state index is 12.2. The van der Waals surface area contributed by atoms with Gasteiger partial charge in [-0.1, -0.05) is 17.9 Å². The molecule has 0 aromatic heterocycles. The SMILES string of the molecule is CN(C)CCCCNS(=O)(=O)c1cccc(C#CCN)c1. The molecule has 0 aliphatic heterocycles. The molecule has 0 amide bonds. The number of benzene rings is 1. The molecule has 0 aliphatic carbocycles. The van der Waals surface area contributed by atoms with E-state index in [1.54, 1.807) is 24.3 Å². The second-order valence-corrected chi connectivity index (χ2v) is 6.71. The monoisotopic (exact) mass is 309 g/mol. The molecule has 116 valence electrons. The highest BCUT2D eigenvalue weighted by molar-refractivity contribution is 7.89. The van der Waals surface area contributed by atoms with Gasteiger partial charge >= 0.3 is 0 Å². The van der Waals surface area contributed by atoms with Crippen molar-refractivity contribution in [2.45, 2.75) is 17.7 Å². The molecular weight excluding hydrogens is 286 g/mol. The van der Waals surface area contributed by atoms with Crippen LogP contribution in [-0.2, 0) is 10.0 Å². The minimum absolute atomic E-state index is 0.235. The van der Waals surface area contributed by atoms with Crippen LogP contribution in [0.4, 0.5) is 0 Å². The lowest BCUT2D eigenvalue weighted by molar-refractivity contribution is 0.394. The molecule has 0 fully saturated rings. The van der Waals surface area contributed by atoms with E-state index in [0.717, 1.165) is 19.4 Å². The molecule has 0 heterocycles. The number of nitrogens with zero attached hydrogens (tertiary/aromatic N) is 1. The predicted molar refractivity (Wildman–Crippen MR) is 85.4 cm³/mol. The van der Waals surface area contributed by atoms with Crippen molar-refractivity contribution in [2.75, 3.05) is 33.7 Å². The summed E-state index contributed by atoms with van der Waals surface area (Å²) >= 11 is 0. The van der Waals surface area contributed by atoms with Gasteiger partial charge in [0, 0.05) is 12.1 Å². The average Bonchev–Trinajstić information content (AvgIpc) is 2.44. The second-order valence-electron chi connectivity index (χ2n) is 4.94. The van der Waals surface area contributed by atoms with E-state index >= 15 is 0 Å². The molecule has 1 aromatic carbocycles. The molecule has 0 saturated carbocycles. The summed E-state index contributed by atoms with van der Waals surface area (Å²) in [5.41, 5.74) is 5.96. The van der Waals surface area contributed by atoms with Gasteiger partial charge in [-0.3, -0.25) is 0 Å². The summed E-state index contributed by atoms with van der Waals surface area (Å²) in [4.78, 5) is 2.31. The van der Waals surface area contributed by atoms with Crippen molar-refractivity contribution in [3.8, 4) is 11.8 Å². The Kier molecular flexibility index (Phi) is 7.40. The van der Waals surface area contributed by atoms with Gasteiger partial charge in [0.05, 0.1) is 11.4 Å². The van der Waals surface area contributed by atoms with Crippen molar-refractivity contribution in [1.29, 1.82) is 0 Å². The molecule has 0 unspecified atom stereocenters. The Labute approximate surface area is 127 Å². The molecule has 0 saturated heterocycles. The smallest absolute Gasteiger partial charge is 0.240 e. The summed E-state index contributed by atoms with van der Waals surface area (Å²) < 4.78 is 26.9. The van der Waals surface area contributed by atoms with Gasteiger partial charge in [0.15, 0.2) is 0 Å². The van der Waals surface area contributed by atoms with Crippen LogP contribution in [0, 0.1) is 11.8 Å². The summed E-state index contributed by atoms with van der Waals surface area (Å²) in [6.45, 7) is 1.64. The molecule has 1 rings (SSSR count). The number of sulfonamides is 1. The van der Waals surface area contributed by atoms with Crippen molar-refractivity contribution in [3.63, 3.8) is 0 Å². The van der Waals surface area contributed by atoms with Crippen LogP contribution in [-0.4, -0.2) is 47.0 Å². The topological polar surface area (TPSA) is 75.4 Å². The normalized spacial score (nSPS) is 11.2. The quantitative estimate of drug-likeness (QED) is 0.572. The first-order chi connectivity index (χ1) is 9.95. The Morgan fingerprint density at radius 2 is 2.05 bits per heavy atom.